The van der Waals surface area contributed by atoms with Crippen LogP contribution in [0.5, 0.6) is 0 Å². The summed E-state index contributed by atoms with van der Waals surface area (Å²) >= 11 is 0. The third-order valence-corrected chi connectivity index (χ3v) is 6.22. The van der Waals surface area contributed by atoms with Crippen molar-refractivity contribution >= 4 is 11.4 Å². The number of allylic oxidation sites excluding steroid dienone is 1. The molecule has 3 heterocycles. The van der Waals surface area contributed by atoms with Crippen LogP contribution in [0.3, 0.4) is 0 Å². The van der Waals surface area contributed by atoms with Crippen LogP contribution in [0.1, 0.15) is 63.5 Å². The van der Waals surface area contributed by atoms with Crippen LogP contribution >= 0.6 is 0 Å². The molecule has 1 aliphatic carbocycles. The lowest BCUT2D eigenvalue weighted by atomic mass is 10.00. The van der Waals surface area contributed by atoms with Gasteiger partial charge in [0.25, 0.3) is 0 Å². The largest absolute Gasteiger partial charge is 0.355 e. The van der Waals surface area contributed by atoms with E-state index in [0.717, 1.165) is 48.7 Å². The van der Waals surface area contributed by atoms with Crippen molar-refractivity contribution in [3.8, 4) is 6.07 Å². The molecule has 0 bridgehead atoms. The Morgan fingerprint density at radius 2 is 1.93 bits per heavy atom. The average molecular weight is 392 g/mol. The highest BCUT2D eigenvalue weighted by atomic mass is 15.3. The minimum absolute atomic E-state index is 0.0183. The van der Waals surface area contributed by atoms with E-state index in [0.29, 0.717) is 17.4 Å². The van der Waals surface area contributed by atoms with Gasteiger partial charge in [-0.2, -0.15) is 10.4 Å². The number of rotatable bonds is 4. The summed E-state index contributed by atoms with van der Waals surface area (Å²) < 4.78 is 1.87. The predicted octanol–water partition coefficient (Wildman–Crippen LogP) is 3.14. The van der Waals surface area contributed by atoms with Gasteiger partial charge < -0.3 is 10.6 Å². The van der Waals surface area contributed by atoms with Crippen LogP contribution < -0.4 is 10.6 Å². The second-order valence-electron chi connectivity index (χ2n) is 9.01. The molecule has 2 aromatic rings. The maximum absolute atomic E-state index is 9.53. The van der Waals surface area contributed by atoms with Gasteiger partial charge >= 0.3 is 0 Å². The van der Waals surface area contributed by atoms with E-state index in [2.05, 4.69) is 36.8 Å². The number of aromatic nitrogens is 4. The minimum Gasteiger partial charge on any atom is -0.355 e. The molecule has 0 amide bonds. The SMILES string of the molecule is C/C=C(/c1cnc(N2C[C@@H]3C[C@@](C)(N)C[C@@H]3C2)cn1)c1c(C#N)cnn1C(C)C. The highest BCUT2D eigenvalue weighted by Crippen LogP contribution is 2.43. The zero-order chi connectivity index (χ0) is 20.8. The second kappa shape index (κ2) is 7.27. The van der Waals surface area contributed by atoms with Crippen LogP contribution in [0.4, 0.5) is 5.82 Å². The summed E-state index contributed by atoms with van der Waals surface area (Å²) in [5.74, 6) is 2.21. The van der Waals surface area contributed by atoms with Crippen LogP contribution in [0.15, 0.2) is 24.7 Å². The van der Waals surface area contributed by atoms with E-state index in [9.17, 15) is 5.26 Å². The van der Waals surface area contributed by atoms with Crippen LogP contribution in [0.2, 0.25) is 0 Å². The molecule has 0 radical (unpaired) electrons. The molecule has 3 atom stereocenters. The van der Waals surface area contributed by atoms with Gasteiger partial charge in [-0.05, 0) is 52.4 Å². The standard InChI is InChI=1S/C22H29N7/c1-5-18(21-17(8-23)9-27-29(21)14(2)3)19-10-26-20(11-25-19)28-12-15-6-22(4,24)7-16(15)13-28/h5,9-11,14-16H,6-7,12-13,24H2,1-4H3/b18-5-/t15-,16+,22+. The van der Waals surface area contributed by atoms with E-state index in [1.54, 1.807) is 6.20 Å². The Morgan fingerprint density at radius 1 is 1.24 bits per heavy atom. The van der Waals surface area contributed by atoms with E-state index >= 15 is 0 Å². The fourth-order valence-electron chi connectivity index (χ4n) is 5.00. The Labute approximate surface area is 172 Å². The lowest BCUT2D eigenvalue weighted by molar-refractivity contribution is 0.449. The molecule has 4 rings (SSSR count). The van der Waals surface area contributed by atoms with Gasteiger partial charge in [0.05, 0.1) is 35.5 Å². The summed E-state index contributed by atoms with van der Waals surface area (Å²) in [5, 5.41) is 13.9. The number of anilines is 1. The summed E-state index contributed by atoms with van der Waals surface area (Å²) in [5.41, 5.74) is 9.30. The van der Waals surface area contributed by atoms with E-state index in [-0.39, 0.29) is 11.6 Å². The van der Waals surface area contributed by atoms with E-state index < -0.39 is 0 Å². The number of nitriles is 1. The summed E-state index contributed by atoms with van der Waals surface area (Å²) in [7, 11) is 0. The molecule has 7 nitrogen and oxygen atoms in total. The van der Waals surface area contributed by atoms with Crippen LogP contribution in [-0.2, 0) is 0 Å². The Hall–Kier alpha value is -2.72. The molecule has 0 unspecified atom stereocenters. The molecular formula is C22H29N7. The van der Waals surface area contributed by atoms with Gasteiger partial charge in [-0.25, -0.2) is 4.98 Å². The molecule has 1 aliphatic heterocycles. The van der Waals surface area contributed by atoms with Crippen LogP contribution in [0, 0.1) is 23.2 Å². The predicted molar refractivity (Wildman–Crippen MR) is 113 cm³/mol. The first-order chi connectivity index (χ1) is 13.8. The quantitative estimate of drug-likeness (QED) is 0.860. The molecule has 2 fully saturated rings. The van der Waals surface area contributed by atoms with Crippen molar-refractivity contribution in [1.82, 2.24) is 19.7 Å². The molecule has 0 aromatic carbocycles. The van der Waals surface area contributed by atoms with Gasteiger partial charge in [0, 0.05) is 30.2 Å². The van der Waals surface area contributed by atoms with Crippen molar-refractivity contribution in [2.45, 2.75) is 52.1 Å². The monoisotopic (exact) mass is 391 g/mol. The van der Waals surface area contributed by atoms with Gasteiger partial charge in [0.1, 0.15) is 11.9 Å². The first-order valence-corrected chi connectivity index (χ1v) is 10.3. The summed E-state index contributed by atoms with van der Waals surface area (Å²) in [6.45, 7) is 10.2. The fraction of sp³-hybridized carbons (Fsp3) is 0.545. The molecule has 2 aliphatic rings. The molecule has 2 aromatic heterocycles. The third-order valence-electron chi connectivity index (χ3n) is 6.22. The van der Waals surface area contributed by atoms with Gasteiger partial charge in [-0.1, -0.05) is 6.08 Å². The van der Waals surface area contributed by atoms with E-state index in [4.69, 9.17) is 15.7 Å². The Bertz CT molecular complexity index is 946. The molecule has 1 saturated carbocycles. The Balaban J connectivity index is 1.57. The lowest BCUT2D eigenvalue weighted by Gasteiger charge is -2.23. The molecule has 29 heavy (non-hydrogen) atoms. The van der Waals surface area contributed by atoms with Crippen molar-refractivity contribution in [3.63, 3.8) is 0 Å². The average Bonchev–Trinajstić information content (AvgIpc) is 3.33. The smallest absolute Gasteiger partial charge is 0.147 e. The highest BCUT2D eigenvalue weighted by Gasteiger charge is 2.45. The van der Waals surface area contributed by atoms with E-state index in [1.165, 1.54) is 0 Å². The topological polar surface area (TPSA) is 96.7 Å². The van der Waals surface area contributed by atoms with Gasteiger partial charge in [0.15, 0.2) is 0 Å². The molecule has 152 valence electrons. The number of nitrogens with zero attached hydrogens (tertiary/aromatic N) is 6. The maximum Gasteiger partial charge on any atom is 0.147 e. The number of hydrogen-bond acceptors (Lipinski definition) is 6. The zero-order valence-electron chi connectivity index (χ0n) is 17.6. The van der Waals surface area contributed by atoms with Crippen molar-refractivity contribution in [1.29, 1.82) is 5.26 Å². The molecule has 7 heteroatoms. The first-order valence-electron chi connectivity index (χ1n) is 10.3. The number of fused-ring (bicyclic) bond motifs is 1. The van der Waals surface area contributed by atoms with Gasteiger partial charge in [0.2, 0.25) is 0 Å². The van der Waals surface area contributed by atoms with Crippen LogP contribution in [-0.4, -0.2) is 38.4 Å². The minimum atomic E-state index is -0.0183. The Morgan fingerprint density at radius 3 is 2.45 bits per heavy atom. The van der Waals surface area contributed by atoms with Crippen molar-refractivity contribution < 1.29 is 0 Å². The van der Waals surface area contributed by atoms with Crippen molar-refractivity contribution in [2.75, 3.05) is 18.0 Å². The highest BCUT2D eigenvalue weighted by molar-refractivity contribution is 5.78. The summed E-state index contributed by atoms with van der Waals surface area (Å²) in [4.78, 5) is 11.7. The molecular weight excluding hydrogens is 362 g/mol. The lowest BCUT2D eigenvalue weighted by Crippen LogP contribution is -2.35. The Kier molecular flexibility index (Phi) is 4.91. The fourth-order valence-corrected chi connectivity index (χ4v) is 5.00. The zero-order valence-corrected chi connectivity index (χ0v) is 17.6. The van der Waals surface area contributed by atoms with Gasteiger partial charge in [-0.3, -0.25) is 9.67 Å². The molecule has 2 N–H and O–H groups in total. The van der Waals surface area contributed by atoms with Gasteiger partial charge in [-0.15, -0.1) is 0 Å². The molecule has 1 saturated heterocycles. The normalized spacial score (nSPS) is 26.8. The first kappa shape index (κ1) is 19.6. The number of nitrogens with two attached hydrogens (primary N) is 1. The summed E-state index contributed by atoms with van der Waals surface area (Å²) in [6, 6.07) is 2.39. The molecule has 0 spiro atoms. The maximum atomic E-state index is 9.53. The number of hydrogen-bond donors (Lipinski definition) is 1. The van der Waals surface area contributed by atoms with Crippen LogP contribution in [0.25, 0.3) is 5.57 Å². The summed E-state index contributed by atoms with van der Waals surface area (Å²) in [6.07, 6.45) is 9.42. The van der Waals surface area contributed by atoms with E-state index in [1.807, 2.05) is 30.1 Å². The van der Waals surface area contributed by atoms with Crippen molar-refractivity contribution in [2.24, 2.45) is 17.6 Å². The third kappa shape index (κ3) is 3.53. The van der Waals surface area contributed by atoms with Crippen molar-refractivity contribution in [3.05, 3.63) is 41.6 Å². The second-order valence-corrected chi connectivity index (χ2v) is 9.01.